The first-order chi connectivity index (χ1) is 13.0. The Labute approximate surface area is 164 Å². The standard InChI is InChI=1S/C21H24ClNO4/c1-26-20-11-16(12-23-10-2-3-17(13-23)21(24)25)6-9-19(20)27-14-15-4-7-18(22)8-5-15/h4-9,11,17H,2-3,10,12-14H2,1H3,(H,24,25). The van der Waals surface area contributed by atoms with E-state index in [9.17, 15) is 9.90 Å². The molecule has 0 amide bonds. The van der Waals surface area contributed by atoms with Gasteiger partial charge >= 0.3 is 5.97 Å². The van der Waals surface area contributed by atoms with Gasteiger partial charge in [0.05, 0.1) is 13.0 Å². The van der Waals surface area contributed by atoms with E-state index in [1.54, 1.807) is 7.11 Å². The fourth-order valence-electron chi connectivity index (χ4n) is 3.33. The van der Waals surface area contributed by atoms with Crippen LogP contribution >= 0.6 is 11.6 Å². The molecule has 1 N–H and O–H groups in total. The highest BCUT2D eigenvalue weighted by atomic mass is 35.5. The maximum absolute atomic E-state index is 11.2. The third kappa shape index (κ3) is 5.37. The monoisotopic (exact) mass is 389 g/mol. The Kier molecular flexibility index (Phi) is 6.58. The van der Waals surface area contributed by atoms with E-state index in [-0.39, 0.29) is 5.92 Å². The Bertz CT molecular complexity index is 778. The van der Waals surface area contributed by atoms with Crippen LogP contribution in [0.25, 0.3) is 0 Å². The molecular weight excluding hydrogens is 366 g/mol. The molecule has 2 aromatic rings. The van der Waals surface area contributed by atoms with E-state index in [0.29, 0.717) is 36.2 Å². The first-order valence-corrected chi connectivity index (χ1v) is 9.42. The van der Waals surface area contributed by atoms with Crippen molar-refractivity contribution in [1.29, 1.82) is 0 Å². The van der Waals surface area contributed by atoms with Gasteiger partial charge in [0.2, 0.25) is 0 Å². The number of carboxylic acids is 1. The SMILES string of the molecule is COc1cc(CN2CCCC(C(=O)O)C2)ccc1OCc1ccc(Cl)cc1. The predicted octanol–water partition coefficient (Wildman–Crippen LogP) is 4.22. The number of nitrogens with zero attached hydrogens (tertiary/aromatic N) is 1. The van der Waals surface area contributed by atoms with Crippen LogP contribution in [0.5, 0.6) is 11.5 Å². The molecule has 5 nitrogen and oxygen atoms in total. The summed E-state index contributed by atoms with van der Waals surface area (Å²) < 4.78 is 11.4. The minimum absolute atomic E-state index is 0.275. The van der Waals surface area contributed by atoms with Crippen molar-refractivity contribution < 1.29 is 19.4 Å². The van der Waals surface area contributed by atoms with Crippen molar-refractivity contribution in [3.63, 3.8) is 0 Å². The topological polar surface area (TPSA) is 59.0 Å². The number of ether oxygens (including phenoxy) is 2. The summed E-state index contributed by atoms with van der Waals surface area (Å²) in [5.74, 6) is 0.373. The number of aliphatic carboxylic acids is 1. The van der Waals surface area contributed by atoms with Crippen molar-refractivity contribution in [1.82, 2.24) is 4.90 Å². The van der Waals surface area contributed by atoms with Crippen LogP contribution in [0.1, 0.15) is 24.0 Å². The Hall–Kier alpha value is -2.24. The van der Waals surface area contributed by atoms with Crippen LogP contribution < -0.4 is 9.47 Å². The van der Waals surface area contributed by atoms with Crippen molar-refractivity contribution in [2.45, 2.75) is 26.0 Å². The molecule has 1 aliphatic heterocycles. The second kappa shape index (κ2) is 9.11. The molecule has 27 heavy (non-hydrogen) atoms. The van der Waals surface area contributed by atoms with Crippen LogP contribution in [-0.2, 0) is 17.9 Å². The lowest BCUT2D eigenvalue weighted by Gasteiger charge is -2.30. The quantitative estimate of drug-likeness (QED) is 0.768. The Balaban J connectivity index is 1.63. The fraction of sp³-hybridized carbons (Fsp3) is 0.381. The van der Waals surface area contributed by atoms with Gasteiger partial charge in [-0.3, -0.25) is 9.69 Å². The lowest BCUT2D eigenvalue weighted by Crippen LogP contribution is -2.38. The van der Waals surface area contributed by atoms with Crippen molar-refractivity contribution in [2.75, 3.05) is 20.2 Å². The van der Waals surface area contributed by atoms with Crippen LogP contribution in [0.15, 0.2) is 42.5 Å². The number of hydrogen-bond acceptors (Lipinski definition) is 4. The summed E-state index contributed by atoms with van der Waals surface area (Å²) >= 11 is 5.90. The molecular formula is C21H24ClNO4. The zero-order valence-corrected chi connectivity index (χ0v) is 16.1. The van der Waals surface area contributed by atoms with E-state index < -0.39 is 5.97 Å². The van der Waals surface area contributed by atoms with Crippen LogP contribution in [0.4, 0.5) is 0 Å². The molecule has 1 unspecified atom stereocenters. The molecule has 2 aromatic carbocycles. The zero-order valence-electron chi connectivity index (χ0n) is 15.4. The molecule has 0 radical (unpaired) electrons. The molecule has 3 rings (SSSR count). The average molecular weight is 390 g/mol. The number of likely N-dealkylation sites (tertiary alicyclic amines) is 1. The maximum atomic E-state index is 11.2. The highest BCUT2D eigenvalue weighted by Gasteiger charge is 2.25. The first kappa shape index (κ1) is 19.5. The highest BCUT2D eigenvalue weighted by Crippen LogP contribution is 2.30. The molecule has 0 aromatic heterocycles. The predicted molar refractivity (Wildman–Crippen MR) is 104 cm³/mol. The molecule has 1 atom stereocenters. The molecule has 1 heterocycles. The molecule has 6 heteroatoms. The summed E-state index contributed by atoms with van der Waals surface area (Å²) in [7, 11) is 1.62. The second-order valence-corrected chi connectivity index (χ2v) is 7.25. The number of carboxylic acid groups (broad SMARTS) is 1. The van der Waals surface area contributed by atoms with Gasteiger partial charge in [0.1, 0.15) is 6.61 Å². The molecule has 144 valence electrons. The molecule has 0 bridgehead atoms. The molecule has 1 fully saturated rings. The number of halogens is 1. The van der Waals surface area contributed by atoms with Crippen LogP contribution in [0.3, 0.4) is 0 Å². The number of carbonyl (C=O) groups is 1. The molecule has 0 spiro atoms. The minimum atomic E-state index is -0.705. The van der Waals surface area contributed by atoms with E-state index in [1.165, 1.54) is 0 Å². The van der Waals surface area contributed by atoms with E-state index in [0.717, 1.165) is 30.5 Å². The van der Waals surface area contributed by atoms with Gasteiger partial charge in [-0.1, -0.05) is 29.8 Å². The van der Waals surface area contributed by atoms with E-state index in [2.05, 4.69) is 4.90 Å². The van der Waals surface area contributed by atoms with E-state index in [4.69, 9.17) is 21.1 Å². The number of piperidine rings is 1. The van der Waals surface area contributed by atoms with Gasteiger partial charge in [0.15, 0.2) is 11.5 Å². The van der Waals surface area contributed by atoms with Crippen molar-refractivity contribution >= 4 is 17.6 Å². The Morgan fingerprint density at radius 3 is 2.63 bits per heavy atom. The summed E-state index contributed by atoms with van der Waals surface area (Å²) in [4.78, 5) is 13.4. The normalized spacial score (nSPS) is 17.5. The Morgan fingerprint density at radius 2 is 1.93 bits per heavy atom. The van der Waals surface area contributed by atoms with Crippen molar-refractivity contribution in [3.05, 3.63) is 58.6 Å². The molecule has 0 aliphatic carbocycles. The summed E-state index contributed by atoms with van der Waals surface area (Å²) in [6.07, 6.45) is 1.67. The smallest absolute Gasteiger partial charge is 0.307 e. The summed E-state index contributed by atoms with van der Waals surface area (Å²) in [5, 5.41) is 9.94. The molecule has 1 aliphatic rings. The number of benzene rings is 2. The van der Waals surface area contributed by atoms with Gasteiger partial charge in [-0.25, -0.2) is 0 Å². The maximum Gasteiger partial charge on any atom is 0.307 e. The second-order valence-electron chi connectivity index (χ2n) is 6.81. The van der Waals surface area contributed by atoms with Crippen LogP contribution in [-0.4, -0.2) is 36.2 Å². The van der Waals surface area contributed by atoms with E-state index >= 15 is 0 Å². The third-order valence-corrected chi connectivity index (χ3v) is 5.05. The van der Waals surface area contributed by atoms with Gasteiger partial charge in [-0.2, -0.15) is 0 Å². The summed E-state index contributed by atoms with van der Waals surface area (Å²) in [6, 6.07) is 13.4. The van der Waals surface area contributed by atoms with Crippen molar-refractivity contribution in [2.24, 2.45) is 5.92 Å². The Morgan fingerprint density at radius 1 is 1.19 bits per heavy atom. The minimum Gasteiger partial charge on any atom is -0.493 e. The third-order valence-electron chi connectivity index (χ3n) is 4.80. The highest BCUT2D eigenvalue weighted by molar-refractivity contribution is 6.30. The van der Waals surface area contributed by atoms with E-state index in [1.807, 2.05) is 42.5 Å². The fourth-order valence-corrected chi connectivity index (χ4v) is 3.46. The van der Waals surface area contributed by atoms with Gasteiger partial charge in [0.25, 0.3) is 0 Å². The largest absolute Gasteiger partial charge is 0.493 e. The molecule has 1 saturated heterocycles. The lowest BCUT2D eigenvalue weighted by molar-refractivity contribution is -0.143. The zero-order chi connectivity index (χ0) is 19.2. The average Bonchev–Trinajstić information content (AvgIpc) is 2.68. The van der Waals surface area contributed by atoms with Crippen LogP contribution in [0.2, 0.25) is 5.02 Å². The first-order valence-electron chi connectivity index (χ1n) is 9.04. The number of hydrogen-bond donors (Lipinski definition) is 1. The van der Waals surface area contributed by atoms with Gasteiger partial charge in [-0.05, 0) is 54.8 Å². The van der Waals surface area contributed by atoms with Gasteiger partial charge in [-0.15, -0.1) is 0 Å². The van der Waals surface area contributed by atoms with Crippen molar-refractivity contribution in [3.8, 4) is 11.5 Å². The lowest BCUT2D eigenvalue weighted by atomic mass is 9.98. The molecule has 0 saturated carbocycles. The number of methoxy groups -OCH3 is 1. The summed E-state index contributed by atoms with van der Waals surface area (Å²) in [5.41, 5.74) is 2.11. The number of rotatable bonds is 7. The van der Waals surface area contributed by atoms with Gasteiger partial charge < -0.3 is 14.6 Å². The summed E-state index contributed by atoms with van der Waals surface area (Å²) in [6.45, 7) is 2.64. The van der Waals surface area contributed by atoms with Gasteiger partial charge in [0, 0.05) is 18.1 Å². The van der Waals surface area contributed by atoms with Crippen LogP contribution in [0, 0.1) is 5.92 Å².